The Hall–Kier alpha value is -0.0800. The highest BCUT2D eigenvalue weighted by atomic mass is 15.1. The second kappa shape index (κ2) is 7.49. The van der Waals surface area contributed by atoms with Gasteiger partial charge in [0, 0.05) is 18.6 Å². The minimum absolute atomic E-state index is 0.680. The molecule has 2 nitrogen and oxygen atoms in total. The Bertz CT molecular complexity index is 225. The quantitative estimate of drug-likeness (QED) is 0.782. The lowest BCUT2D eigenvalue weighted by atomic mass is 9.79. The smallest absolute Gasteiger partial charge is 0.0217 e. The first-order valence-electron chi connectivity index (χ1n) is 7.80. The van der Waals surface area contributed by atoms with Gasteiger partial charge in [-0.2, -0.15) is 0 Å². The van der Waals surface area contributed by atoms with Crippen molar-refractivity contribution in [3.05, 3.63) is 0 Å². The molecule has 0 heterocycles. The fourth-order valence-corrected chi connectivity index (χ4v) is 3.06. The van der Waals surface area contributed by atoms with Crippen LogP contribution < -0.4 is 5.32 Å². The van der Waals surface area contributed by atoms with Crippen LogP contribution in [-0.2, 0) is 0 Å². The summed E-state index contributed by atoms with van der Waals surface area (Å²) in [5.41, 5.74) is 0. The number of nitrogens with one attached hydrogen (secondary N) is 1. The largest absolute Gasteiger partial charge is 0.312 e. The maximum absolute atomic E-state index is 3.82. The topological polar surface area (TPSA) is 15.3 Å². The van der Waals surface area contributed by atoms with E-state index in [4.69, 9.17) is 0 Å². The minimum atomic E-state index is 0.680. The molecule has 0 spiro atoms. The van der Waals surface area contributed by atoms with Crippen molar-refractivity contribution >= 4 is 0 Å². The molecule has 1 rings (SSSR count). The summed E-state index contributed by atoms with van der Waals surface area (Å²) in [6.45, 7) is 10.6. The molecule has 1 aliphatic carbocycles. The molecule has 4 atom stereocenters. The molecule has 0 aromatic rings. The van der Waals surface area contributed by atoms with Gasteiger partial charge in [0.15, 0.2) is 0 Å². The van der Waals surface area contributed by atoms with Gasteiger partial charge in [-0.05, 0) is 57.5 Å². The zero-order chi connectivity index (χ0) is 13.7. The molecule has 0 bridgehead atoms. The van der Waals surface area contributed by atoms with Crippen molar-refractivity contribution in [2.75, 3.05) is 20.6 Å². The van der Waals surface area contributed by atoms with Crippen LogP contribution in [0.4, 0.5) is 0 Å². The molecule has 0 saturated heterocycles. The standard InChI is InChI=1S/C16H34N2/c1-12(2)9-16(18(5)6)11-17-15-8-7-13(3)14(4)10-15/h12-17H,7-11H2,1-6H3. The normalized spacial score (nSPS) is 31.0. The van der Waals surface area contributed by atoms with E-state index in [9.17, 15) is 0 Å². The van der Waals surface area contributed by atoms with E-state index >= 15 is 0 Å². The van der Waals surface area contributed by atoms with Crippen LogP contribution in [-0.4, -0.2) is 37.6 Å². The van der Waals surface area contributed by atoms with E-state index < -0.39 is 0 Å². The van der Waals surface area contributed by atoms with E-state index in [0.29, 0.717) is 6.04 Å². The molecule has 2 heteroatoms. The molecule has 108 valence electrons. The van der Waals surface area contributed by atoms with Crippen LogP contribution in [0.2, 0.25) is 0 Å². The summed E-state index contributed by atoms with van der Waals surface area (Å²) in [5, 5.41) is 3.82. The van der Waals surface area contributed by atoms with Crippen LogP contribution >= 0.6 is 0 Å². The summed E-state index contributed by atoms with van der Waals surface area (Å²) < 4.78 is 0. The SMILES string of the molecule is CC(C)CC(CNC1CCC(C)C(C)C1)N(C)C. The summed E-state index contributed by atoms with van der Waals surface area (Å²) in [4.78, 5) is 2.38. The summed E-state index contributed by atoms with van der Waals surface area (Å²) in [7, 11) is 4.42. The van der Waals surface area contributed by atoms with Crippen LogP contribution in [0.15, 0.2) is 0 Å². The fraction of sp³-hybridized carbons (Fsp3) is 1.00. The Labute approximate surface area is 115 Å². The van der Waals surface area contributed by atoms with E-state index in [0.717, 1.165) is 30.3 Å². The highest BCUT2D eigenvalue weighted by molar-refractivity contribution is 4.82. The number of rotatable bonds is 6. The van der Waals surface area contributed by atoms with Gasteiger partial charge in [0.1, 0.15) is 0 Å². The second-order valence-corrected chi connectivity index (χ2v) is 7.12. The summed E-state index contributed by atoms with van der Waals surface area (Å²) in [6.07, 6.45) is 5.42. The highest BCUT2D eigenvalue weighted by Crippen LogP contribution is 2.29. The Morgan fingerprint density at radius 2 is 1.78 bits per heavy atom. The lowest BCUT2D eigenvalue weighted by Crippen LogP contribution is -2.44. The average molecular weight is 254 g/mol. The van der Waals surface area contributed by atoms with Gasteiger partial charge in [-0.15, -0.1) is 0 Å². The maximum atomic E-state index is 3.82. The lowest BCUT2D eigenvalue weighted by molar-refractivity contribution is 0.198. The molecule has 0 aliphatic heterocycles. The van der Waals surface area contributed by atoms with Crippen molar-refractivity contribution in [2.24, 2.45) is 17.8 Å². The maximum Gasteiger partial charge on any atom is 0.0217 e. The number of hydrogen-bond donors (Lipinski definition) is 1. The second-order valence-electron chi connectivity index (χ2n) is 7.12. The van der Waals surface area contributed by atoms with E-state index in [1.54, 1.807) is 0 Å². The molecule has 4 unspecified atom stereocenters. The highest BCUT2D eigenvalue weighted by Gasteiger charge is 2.25. The third-order valence-corrected chi connectivity index (χ3v) is 4.71. The molecule has 1 saturated carbocycles. The van der Waals surface area contributed by atoms with Crippen molar-refractivity contribution in [1.29, 1.82) is 0 Å². The predicted octanol–water partition coefficient (Wildman–Crippen LogP) is 3.38. The van der Waals surface area contributed by atoms with Crippen LogP contribution in [0.5, 0.6) is 0 Å². The van der Waals surface area contributed by atoms with Crippen LogP contribution in [0, 0.1) is 17.8 Å². The zero-order valence-corrected chi connectivity index (χ0v) is 13.4. The fourth-order valence-electron chi connectivity index (χ4n) is 3.06. The van der Waals surface area contributed by atoms with Crippen LogP contribution in [0.25, 0.3) is 0 Å². The van der Waals surface area contributed by atoms with E-state index in [1.807, 2.05) is 0 Å². The number of hydrogen-bond acceptors (Lipinski definition) is 2. The predicted molar refractivity (Wildman–Crippen MR) is 80.9 cm³/mol. The third kappa shape index (κ3) is 5.27. The molecule has 1 aliphatic rings. The van der Waals surface area contributed by atoms with Gasteiger partial charge in [0.2, 0.25) is 0 Å². The molecule has 1 fully saturated rings. The molecule has 0 aromatic heterocycles. The first kappa shape index (κ1) is 16.0. The minimum Gasteiger partial charge on any atom is -0.312 e. The summed E-state index contributed by atoms with van der Waals surface area (Å²) >= 11 is 0. The summed E-state index contributed by atoms with van der Waals surface area (Å²) in [6, 6.07) is 1.44. The zero-order valence-electron chi connectivity index (χ0n) is 13.4. The molecular weight excluding hydrogens is 220 g/mol. The first-order chi connectivity index (χ1) is 8.40. The van der Waals surface area contributed by atoms with Gasteiger partial charge in [-0.3, -0.25) is 0 Å². The Morgan fingerprint density at radius 1 is 1.11 bits per heavy atom. The van der Waals surface area contributed by atoms with Crippen LogP contribution in [0.1, 0.15) is 53.4 Å². The number of nitrogens with zero attached hydrogens (tertiary/aromatic N) is 1. The van der Waals surface area contributed by atoms with Gasteiger partial charge in [-0.25, -0.2) is 0 Å². The molecule has 18 heavy (non-hydrogen) atoms. The first-order valence-corrected chi connectivity index (χ1v) is 7.80. The third-order valence-electron chi connectivity index (χ3n) is 4.71. The molecular formula is C16H34N2. The molecule has 0 amide bonds. The van der Waals surface area contributed by atoms with Gasteiger partial charge >= 0.3 is 0 Å². The van der Waals surface area contributed by atoms with Crippen molar-refractivity contribution in [3.8, 4) is 0 Å². The van der Waals surface area contributed by atoms with E-state index in [1.165, 1.54) is 25.7 Å². The van der Waals surface area contributed by atoms with E-state index in [2.05, 4.69) is 52.0 Å². The van der Waals surface area contributed by atoms with Crippen LogP contribution in [0.3, 0.4) is 0 Å². The monoisotopic (exact) mass is 254 g/mol. The lowest BCUT2D eigenvalue weighted by Gasteiger charge is -2.35. The molecule has 0 radical (unpaired) electrons. The van der Waals surface area contributed by atoms with Crippen molar-refractivity contribution in [2.45, 2.75) is 65.5 Å². The van der Waals surface area contributed by atoms with Crippen molar-refractivity contribution < 1.29 is 0 Å². The van der Waals surface area contributed by atoms with Crippen molar-refractivity contribution in [3.63, 3.8) is 0 Å². The molecule has 0 aromatic carbocycles. The Kier molecular flexibility index (Phi) is 6.65. The van der Waals surface area contributed by atoms with Gasteiger partial charge in [0.25, 0.3) is 0 Å². The van der Waals surface area contributed by atoms with E-state index in [-0.39, 0.29) is 0 Å². The van der Waals surface area contributed by atoms with Gasteiger partial charge in [0.05, 0.1) is 0 Å². The summed E-state index contributed by atoms with van der Waals surface area (Å²) in [5.74, 6) is 2.59. The molecule has 1 N–H and O–H groups in total. The van der Waals surface area contributed by atoms with Gasteiger partial charge in [-0.1, -0.05) is 27.7 Å². The Balaban J connectivity index is 2.33. The number of likely N-dealkylation sites (N-methyl/N-ethyl adjacent to an activating group) is 1. The Morgan fingerprint density at radius 3 is 2.28 bits per heavy atom. The van der Waals surface area contributed by atoms with Crippen molar-refractivity contribution in [1.82, 2.24) is 10.2 Å². The van der Waals surface area contributed by atoms with Gasteiger partial charge < -0.3 is 10.2 Å². The average Bonchev–Trinajstić information content (AvgIpc) is 2.28.